The zero-order valence-corrected chi connectivity index (χ0v) is 10.8. The molecule has 1 aromatic carbocycles. The number of Topliss-reactive ketones (excluding diaryl/α,β-unsaturated/α-hetero) is 1. The van der Waals surface area contributed by atoms with Crippen LogP contribution in [0.15, 0.2) is 18.2 Å². The fourth-order valence-electron chi connectivity index (χ4n) is 1.69. The number of aryl methyl sites for hydroxylation is 2. The van der Waals surface area contributed by atoms with Gasteiger partial charge in [0.2, 0.25) is 0 Å². The predicted octanol–water partition coefficient (Wildman–Crippen LogP) is 2.54. The number of hydrogen-bond donors (Lipinski definition) is 0. The quantitative estimate of drug-likeness (QED) is 0.539. The number of methoxy groups -OCH3 is 1. The van der Waals surface area contributed by atoms with Crippen molar-refractivity contribution in [3.8, 4) is 0 Å². The Labute approximate surface area is 103 Å². The minimum Gasteiger partial charge on any atom is -0.382 e. The smallest absolute Gasteiger partial charge is 0.165 e. The van der Waals surface area contributed by atoms with E-state index < -0.39 is 0 Å². The summed E-state index contributed by atoms with van der Waals surface area (Å²) in [5.74, 6) is 0.134. The van der Waals surface area contributed by atoms with Crippen molar-refractivity contribution >= 4 is 5.78 Å². The van der Waals surface area contributed by atoms with Crippen LogP contribution >= 0.6 is 0 Å². The lowest BCUT2D eigenvalue weighted by Crippen LogP contribution is -2.08. The summed E-state index contributed by atoms with van der Waals surface area (Å²) in [6.07, 6.45) is 0.423. The standard InChI is InChI=1S/C14H20O3/c1-11-8-12(2)10-13(9-11)14(15)4-5-17-7-6-16-3/h8-10H,4-7H2,1-3H3. The second-order valence-electron chi connectivity index (χ2n) is 4.15. The van der Waals surface area contributed by atoms with Crippen LogP contribution in [-0.4, -0.2) is 32.7 Å². The molecule has 0 aromatic heterocycles. The maximum Gasteiger partial charge on any atom is 0.165 e. The molecule has 1 rings (SSSR count). The van der Waals surface area contributed by atoms with Gasteiger partial charge in [-0.15, -0.1) is 0 Å². The van der Waals surface area contributed by atoms with Crippen LogP contribution in [0.5, 0.6) is 0 Å². The van der Waals surface area contributed by atoms with E-state index in [0.717, 1.165) is 16.7 Å². The topological polar surface area (TPSA) is 35.5 Å². The number of ether oxygens (including phenoxy) is 2. The average molecular weight is 236 g/mol. The summed E-state index contributed by atoms with van der Waals surface area (Å²) in [5.41, 5.74) is 3.01. The van der Waals surface area contributed by atoms with E-state index in [1.54, 1.807) is 7.11 Å². The molecule has 94 valence electrons. The molecule has 0 saturated heterocycles. The maximum atomic E-state index is 11.9. The largest absolute Gasteiger partial charge is 0.382 e. The SMILES string of the molecule is COCCOCCC(=O)c1cc(C)cc(C)c1. The lowest BCUT2D eigenvalue weighted by Gasteiger charge is -2.05. The Kier molecular flexibility index (Phi) is 5.87. The van der Waals surface area contributed by atoms with Crippen LogP contribution in [0.1, 0.15) is 27.9 Å². The van der Waals surface area contributed by atoms with Gasteiger partial charge in [0.1, 0.15) is 0 Å². The highest BCUT2D eigenvalue weighted by Crippen LogP contribution is 2.10. The number of benzene rings is 1. The molecule has 0 aliphatic heterocycles. The van der Waals surface area contributed by atoms with E-state index in [4.69, 9.17) is 9.47 Å². The van der Waals surface area contributed by atoms with Crippen molar-refractivity contribution in [3.05, 3.63) is 34.9 Å². The highest BCUT2D eigenvalue weighted by Gasteiger charge is 2.06. The van der Waals surface area contributed by atoms with Crippen LogP contribution in [0.25, 0.3) is 0 Å². The average Bonchev–Trinajstić information content (AvgIpc) is 2.27. The normalized spacial score (nSPS) is 10.5. The van der Waals surface area contributed by atoms with Gasteiger partial charge in [-0.05, 0) is 26.0 Å². The Morgan fingerprint density at radius 2 is 1.71 bits per heavy atom. The fourth-order valence-corrected chi connectivity index (χ4v) is 1.69. The van der Waals surface area contributed by atoms with Crippen molar-refractivity contribution in [3.63, 3.8) is 0 Å². The van der Waals surface area contributed by atoms with Crippen molar-refractivity contribution in [2.75, 3.05) is 26.9 Å². The molecule has 0 radical (unpaired) electrons. The number of hydrogen-bond acceptors (Lipinski definition) is 3. The number of carbonyl (C=O) groups excluding carboxylic acids is 1. The van der Waals surface area contributed by atoms with Gasteiger partial charge in [0.25, 0.3) is 0 Å². The molecule has 0 unspecified atom stereocenters. The minimum absolute atomic E-state index is 0.134. The summed E-state index contributed by atoms with van der Waals surface area (Å²) in [7, 11) is 1.63. The first kappa shape index (κ1) is 13.9. The molecule has 0 saturated carbocycles. The van der Waals surface area contributed by atoms with Crippen LogP contribution in [0, 0.1) is 13.8 Å². The van der Waals surface area contributed by atoms with Gasteiger partial charge in [-0.1, -0.05) is 17.2 Å². The molecule has 0 bridgehead atoms. The van der Waals surface area contributed by atoms with Gasteiger partial charge in [-0.3, -0.25) is 4.79 Å². The summed E-state index contributed by atoms with van der Waals surface area (Å²) < 4.78 is 10.1. The Hall–Kier alpha value is -1.19. The zero-order chi connectivity index (χ0) is 12.7. The Bertz CT molecular complexity index is 351. The van der Waals surface area contributed by atoms with Gasteiger partial charge in [0, 0.05) is 19.1 Å². The van der Waals surface area contributed by atoms with Crippen molar-refractivity contribution in [2.45, 2.75) is 20.3 Å². The van der Waals surface area contributed by atoms with Crippen LogP contribution in [0.4, 0.5) is 0 Å². The second-order valence-corrected chi connectivity index (χ2v) is 4.15. The van der Waals surface area contributed by atoms with Gasteiger partial charge in [-0.25, -0.2) is 0 Å². The molecule has 1 aromatic rings. The summed E-state index contributed by atoms with van der Waals surface area (Å²) >= 11 is 0. The van der Waals surface area contributed by atoms with Crippen LogP contribution in [0.3, 0.4) is 0 Å². The van der Waals surface area contributed by atoms with Gasteiger partial charge in [-0.2, -0.15) is 0 Å². The molecule has 0 aliphatic carbocycles. The lowest BCUT2D eigenvalue weighted by atomic mass is 10.0. The fraction of sp³-hybridized carbons (Fsp3) is 0.500. The third-order valence-electron chi connectivity index (χ3n) is 2.45. The molecule has 0 heterocycles. The van der Waals surface area contributed by atoms with E-state index in [1.807, 2.05) is 26.0 Å². The number of ketones is 1. The van der Waals surface area contributed by atoms with Crippen LogP contribution in [-0.2, 0) is 9.47 Å². The molecule has 0 N–H and O–H groups in total. The molecular formula is C14H20O3. The van der Waals surface area contributed by atoms with Crippen molar-refractivity contribution in [1.82, 2.24) is 0 Å². The number of carbonyl (C=O) groups is 1. The zero-order valence-electron chi connectivity index (χ0n) is 10.8. The lowest BCUT2D eigenvalue weighted by molar-refractivity contribution is 0.0641. The van der Waals surface area contributed by atoms with Crippen molar-refractivity contribution in [1.29, 1.82) is 0 Å². The Balaban J connectivity index is 2.41. The van der Waals surface area contributed by atoms with Crippen LogP contribution in [0.2, 0.25) is 0 Å². The third-order valence-corrected chi connectivity index (χ3v) is 2.45. The Morgan fingerprint density at radius 1 is 1.06 bits per heavy atom. The first-order valence-electron chi connectivity index (χ1n) is 5.81. The van der Waals surface area contributed by atoms with E-state index in [9.17, 15) is 4.79 Å². The van der Waals surface area contributed by atoms with Gasteiger partial charge >= 0.3 is 0 Å². The number of rotatable bonds is 7. The van der Waals surface area contributed by atoms with Gasteiger partial charge < -0.3 is 9.47 Å². The highest BCUT2D eigenvalue weighted by atomic mass is 16.5. The summed E-state index contributed by atoms with van der Waals surface area (Å²) in [6.45, 7) is 5.56. The molecule has 0 fully saturated rings. The minimum atomic E-state index is 0.134. The molecule has 0 amide bonds. The predicted molar refractivity (Wildman–Crippen MR) is 67.6 cm³/mol. The molecule has 3 nitrogen and oxygen atoms in total. The monoisotopic (exact) mass is 236 g/mol. The van der Waals surface area contributed by atoms with E-state index in [2.05, 4.69) is 6.07 Å². The third kappa shape index (κ3) is 5.11. The molecule has 0 spiro atoms. The first-order chi connectivity index (χ1) is 8.13. The molecule has 0 atom stereocenters. The first-order valence-corrected chi connectivity index (χ1v) is 5.81. The summed E-state index contributed by atoms with van der Waals surface area (Å²) in [4.78, 5) is 11.9. The van der Waals surface area contributed by atoms with Gasteiger partial charge in [0.05, 0.1) is 19.8 Å². The molecular weight excluding hydrogens is 216 g/mol. The second kappa shape index (κ2) is 7.20. The van der Waals surface area contributed by atoms with Crippen molar-refractivity contribution < 1.29 is 14.3 Å². The summed E-state index contributed by atoms with van der Waals surface area (Å²) in [6, 6.07) is 5.90. The van der Waals surface area contributed by atoms with E-state index in [-0.39, 0.29) is 5.78 Å². The maximum absolute atomic E-state index is 11.9. The molecule has 3 heteroatoms. The highest BCUT2D eigenvalue weighted by molar-refractivity contribution is 5.96. The van der Waals surface area contributed by atoms with Crippen molar-refractivity contribution in [2.24, 2.45) is 0 Å². The van der Waals surface area contributed by atoms with Crippen LogP contribution < -0.4 is 0 Å². The molecule has 0 aliphatic rings. The van der Waals surface area contributed by atoms with E-state index in [0.29, 0.717) is 26.2 Å². The van der Waals surface area contributed by atoms with E-state index in [1.165, 1.54) is 0 Å². The van der Waals surface area contributed by atoms with Gasteiger partial charge in [0.15, 0.2) is 5.78 Å². The van der Waals surface area contributed by atoms with E-state index >= 15 is 0 Å². The molecule has 17 heavy (non-hydrogen) atoms. The Morgan fingerprint density at radius 3 is 2.29 bits per heavy atom. The summed E-state index contributed by atoms with van der Waals surface area (Å²) in [5, 5.41) is 0.